The average Bonchev–Trinajstić information content (AvgIpc) is 3.81. The number of rotatable bonds is 7. The molecule has 2 saturated heterocycles. The number of phenols is 1. The smallest absolute Gasteiger partial charge is 0.417 e. The van der Waals surface area contributed by atoms with Crippen molar-refractivity contribution in [3.05, 3.63) is 114 Å². The molecule has 4 aromatic rings. The van der Waals surface area contributed by atoms with Gasteiger partial charge in [-0.2, -0.15) is 18.2 Å². The maximum Gasteiger partial charge on any atom is 0.417 e. The largest absolute Gasteiger partial charge is 0.503 e. The van der Waals surface area contributed by atoms with Crippen molar-refractivity contribution in [2.24, 2.45) is 23.7 Å². The van der Waals surface area contributed by atoms with Crippen molar-refractivity contribution < 1.29 is 42.2 Å². The highest BCUT2D eigenvalue weighted by molar-refractivity contribution is 9.10. The Balaban J connectivity index is 1.32. The molecule has 284 valence electrons. The van der Waals surface area contributed by atoms with Crippen molar-refractivity contribution in [1.29, 1.82) is 0 Å². The minimum atomic E-state index is -4.75. The predicted molar refractivity (Wildman–Crippen MR) is 199 cm³/mol. The lowest BCUT2D eigenvalue weighted by atomic mass is 9.49. The SMILES string of the molecule is COc1cc([C@H]2C3=CC[C@@H]4C(=O)N(Cc5cccs5)C(=O)[C@@H]4[C@@H]3C[C@H]3C(=O)N(Nc4ncc(C(F)(F)F)cc4Cl)C(=O)[C@@]23c2ccc(Cl)cc2)cc(Br)c1O. The third-order valence-electron chi connectivity index (χ3n) is 11.1. The first-order chi connectivity index (χ1) is 26.2. The number of imide groups is 2. The second-order valence-corrected chi connectivity index (χ2v) is 16.5. The van der Waals surface area contributed by atoms with E-state index in [-0.39, 0.29) is 53.0 Å². The van der Waals surface area contributed by atoms with Crippen LogP contribution in [0.15, 0.2) is 82.3 Å². The number of benzene rings is 2. The summed E-state index contributed by atoms with van der Waals surface area (Å²) in [6.07, 6.45) is -2.19. The molecule has 3 fully saturated rings. The molecule has 2 N–H and O–H groups in total. The zero-order valence-electron chi connectivity index (χ0n) is 28.4. The summed E-state index contributed by atoms with van der Waals surface area (Å²) >= 11 is 17.4. The number of nitrogens with one attached hydrogen (secondary N) is 1. The Hall–Kier alpha value is -4.44. The van der Waals surface area contributed by atoms with E-state index in [0.29, 0.717) is 34.0 Å². The number of allylic oxidation sites excluding steroid dienone is 2. The van der Waals surface area contributed by atoms with Crippen LogP contribution in [-0.2, 0) is 37.3 Å². The highest BCUT2D eigenvalue weighted by Crippen LogP contribution is 2.65. The van der Waals surface area contributed by atoms with Crippen LogP contribution in [0.1, 0.15) is 40.3 Å². The van der Waals surface area contributed by atoms with E-state index >= 15 is 4.79 Å². The molecular formula is C38H28BrCl2F3N4O6S. The Bertz CT molecular complexity index is 2310. The van der Waals surface area contributed by atoms with Crippen molar-refractivity contribution in [1.82, 2.24) is 14.9 Å². The number of ether oxygens (including phenoxy) is 1. The number of anilines is 1. The molecule has 4 amide bonds. The summed E-state index contributed by atoms with van der Waals surface area (Å²) in [6.45, 7) is 0.101. The van der Waals surface area contributed by atoms with Crippen LogP contribution in [0.5, 0.6) is 11.5 Å². The van der Waals surface area contributed by atoms with E-state index in [4.69, 9.17) is 27.9 Å². The molecule has 8 rings (SSSR count). The first kappa shape index (κ1) is 37.5. The second kappa shape index (κ2) is 13.6. The van der Waals surface area contributed by atoms with Crippen LogP contribution in [0.3, 0.4) is 0 Å². The zero-order valence-corrected chi connectivity index (χ0v) is 32.4. The van der Waals surface area contributed by atoms with Crippen molar-refractivity contribution >= 4 is 79.9 Å². The number of carbonyl (C=O) groups is 4. The number of aromatic nitrogens is 1. The van der Waals surface area contributed by atoms with Gasteiger partial charge in [-0.15, -0.1) is 11.3 Å². The van der Waals surface area contributed by atoms with E-state index in [9.17, 15) is 32.7 Å². The van der Waals surface area contributed by atoms with Crippen LogP contribution < -0.4 is 10.2 Å². The summed E-state index contributed by atoms with van der Waals surface area (Å²) in [6, 6.07) is 13.9. The lowest BCUT2D eigenvalue weighted by Gasteiger charge is -2.50. The van der Waals surface area contributed by atoms with Gasteiger partial charge in [-0.1, -0.05) is 53.1 Å². The van der Waals surface area contributed by atoms with Crippen LogP contribution in [0.25, 0.3) is 0 Å². The first-order valence-corrected chi connectivity index (χ1v) is 19.4. The molecule has 17 heteroatoms. The van der Waals surface area contributed by atoms with Gasteiger partial charge in [0.05, 0.1) is 51.9 Å². The van der Waals surface area contributed by atoms with Crippen LogP contribution in [-0.4, -0.2) is 50.7 Å². The number of methoxy groups -OCH3 is 1. The number of alkyl halides is 3. The normalized spacial score (nSPS) is 26.2. The number of fused-ring (bicyclic) bond motifs is 4. The van der Waals surface area contributed by atoms with Gasteiger partial charge in [0.2, 0.25) is 11.8 Å². The van der Waals surface area contributed by atoms with E-state index in [0.717, 1.165) is 9.89 Å². The molecule has 55 heavy (non-hydrogen) atoms. The van der Waals surface area contributed by atoms with Gasteiger partial charge < -0.3 is 9.84 Å². The highest BCUT2D eigenvalue weighted by Gasteiger charge is 2.70. The Morgan fingerprint density at radius 3 is 2.45 bits per heavy atom. The number of amides is 4. The molecule has 2 aliphatic carbocycles. The maximum absolute atomic E-state index is 15.3. The molecule has 4 heterocycles. The Morgan fingerprint density at radius 1 is 1.05 bits per heavy atom. The number of nitrogens with zero attached hydrogens (tertiary/aromatic N) is 3. The molecule has 4 aliphatic rings. The van der Waals surface area contributed by atoms with Crippen molar-refractivity contribution in [3.63, 3.8) is 0 Å². The monoisotopic (exact) mass is 874 g/mol. The van der Waals surface area contributed by atoms with E-state index in [1.54, 1.807) is 36.4 Å². The fourth-order valence-corrected chi connectivity index (χ4v) is 10.3. The number of hydrazine groups is 1. The maximum atomic E-state index is 15.3. The van der Waals surface area contributed by atoms with E-state index in [2.05, 4.69) is 26.3 Å². The summed E-state index contributed by atoms with van der Waals surface area (Å²) in [7, 11) is 1.36. The minimum Gasteiger partial charge on any atom is -0.503 e. The van der Waals surface area contributed by atoms with Gasteiger partial charge in [-0.05, 0) is 87.6 Å². The summed E-state index contributed by atoms with van der Waals surface area (Å²) in [5, 5.41) is 13.3. The predicted octanol–water partition coefficient (Wildman–Crippen LogP) is 8.13. The molecule has 2 aromatic carbocycles. The molecule has 1 saturated carbocycles. The van der Waals surface area contributed by atoms with Crippen LogP contribution in [0.4, 0.5) is 19.0 Å². The summed E-state index contributed by atoms with van der Waals surface area (Å²) in [4.78, 5) is 64.4. The molecule has 0 unspecified atom stereocenters. The second-order valence-electron chi connectivity index (χ2n) is 13.8. The Morgan fingerprint density at radius 2 is 1.80 bits per heavy atom. The summed E-state index contributed by atoms with van der Waals surface area (Å²) < 4.78 is 46.2. The molecule has 2 aromatic heterocycles. The molecule has 6 atom stereocenters. The number of halogens is 6. The van der Waals surface area contributed by atoms with Gasteiger partial charge in [0.25, 0.3) is 11.8 Å². The molecule has 0 bridgehead atoms. The third-order valence-corrected chi connectivity index (χ3v) is 13.2. The van der Waals surface area contributed by atoms with Gasteiger partial charge in [-0.3, -0.25) is 29.5 Å². The number of hydrogen-bond acceptors (Lipinski definition) is 9. The van der Waals surface area contributed by atoms with Crippen LogP contribution >= 0.6 is 50.5 Å². The number of carbonyl (C=O) groups excluding carboxylic acids is 4. The van der Waals surface area contributed by atoms with Crippen molar-refractivity contribution in [2.75, 3.05) is 12.5 Å². The Labute approximate surface area is 334 Å². The zero-order chi connectivity index (χ0) is 39.1. The molecule has 0 radical (unpaired) electrons. The first-order valence-electron chi connectivity index (χ1n) is 16.9. The van der Waals surface area contributed by atoms with Gasteiger partial charge in [0.1, 0.15) is 0 Å². The summed E-state index contributed by atoms with van der Waals surface area (Å²) in [5.41, 5.74) is 1.20. The standard InChI is InChI=1S/C38H28BrCl2F3N4O6S/c1-54-28-12-17(11-26(39)31(28)49)30-22-8-9-23-29(35(52)47(33(23)50)16-21-3-2-10-55-21)24(22)14-25-34(51)48(36(53)37(25,30)18-4-6-20(40)7-5-18)46-32-27(41)13-19(15-45-32)38(42,43)44/h2-8,10-13,15,23-25,29-30,49H,9,14,16H2,1H3,(H,45,46)/t23-,24+,25-,29-,30-,37+/m0/s1. The number of pyridine rings is 1. The van der Waals surface area contributed by atoms with Crippen molar-refractivity contribution in [2.45, 2.75) is 36.9 Å². The van der Waals surface area contributed by atoms with E-state index < -0.39 is 63.6 Å². The fourth-order valence-electron chi connectivity index (χ4n) is 8.85. The van der Waals surface area contributed by atoms with E-state index in [1.165, 1.54) is 23.3 Å². The number of phenolic OH excluding ortho intramolecular Hbond substituents is 1. The molecule has 0 spiro atoms. The van der Waals surface area contributed by atoms with Crippen LogP contribution in [0.2, 0.25) is 10.0 Å². The number of aromatic hydroxyl groups is 1. The van der Waals surface area contributed by atoms with Crippen molar-refractivity contribution in [3.8, 4) is 11.5 Å². The third kappa shape index (κ3) is 5.84. The fraction of sp³-hybridized carbons (Fsp3) is 0.289. The topological polar surface area (TPSA) is 129 Å². The van der Waals surface area contributed by atoms with Gasteiger partial charge in [0, 0.05) is 22.0 Å². The lowest BCUT2D eigenvalue weighted by molar-refractivity contribution is -0.142. The van der Waals surface area contributed by atoms with Gasteiger partial charge in [-0.25, -0.2) is 4.98 Å². The van der Waals surface area contributed by atoms with Gasteiger partial charge in [0.15, 0.2) is 17.3 Å². The number of likely N-dealkylation sites (tertiary alicyclic amines) is 1. The molecule has 2 aliphatic heterocycles. The Kier molecular flexibility index (Phi) is 9.30. The molecular weight excluding hydrogens is 848 g/mol. The van der Waals surface area contributed by atoms with E-state index in [1.807, 2.05) is 23.6 Å². The number of thiophene rings is 1. The average molecular weight is 877 g/mol. The quantitative estimate of drug-likeness (QED) is 0.141. The van der Waals surface area contributed by atoms with Crippen LogP contribution in [0, 0.1) is 23.7 Å². The highest BCUT2D eigenvalue weighted by atomic mass is 79.9. The lowest BCUT2D eigenvalue weighted by Crippen LogP contribution is -2.53. The summed E-state index contributed by atoms with van der Waals surface area (Å²) in [5.74, 6) is -7.19. The van der Waals surface area contributed by atoms with Gasteiger partial charge >= 0.3 is 6.18 Å². The minimum absolute atomic E-state index is 0.0364. The molecule has 10 nitrogen and oxygen atoms in total. The number of hydrogen-bond donors (Lipinski definition) is 2.